The van der Waals surface area contributed by atoms with Crippen LogP contribution in [0.5, 0.6) is 0 Å². The number of hydrogen-bond donors (Lipinski definition) is 1. The predicted molar refractivity (Wildman–Crippen MR) is 200 cm³/mol. The Morgan fingerprint density at radius 1 is 0.455 bits per heavy atom. The van der Waals surface area contributed by atoms with Gasteiger partial charge in [0.15, 0.2) is 0 Å². The molecule has 1 unspecified atom stereocenters. The van der Waals surface area contributed by atoms with Gasteiger partial charge in [-0.3, -0.25) is 0 Å². The molecule has 0 heterocycles. The highest BCUT2D eigenvalue weighted by molar-refractivity contribution is 5.33. The molecule has 0 amide bonds. The van der Waals surface area contributed by atoms with Crippen molar-refractivity contribution in [3.05, 3.63) is 23.3 Å². The third-order valence-corrected chi connectivity index (χ3v) is 10.5. The second-order valence-corrected chi connectivity index (χ2v) is 15.0. The van der Waals surface area contributed by atoms with Crippen molar-refractivity contribution in [3.8, 4) is 0 Å². The van der Waals surface area contributed by atoms with Crippen LogP contribution in [0.3, 0.4) is 0 Å². The van der Waals surface area contributed by atoms with E-state index >= 15 is 0 Å². The Balaban J connectivity index is 1.98. The lowest BCUT2D eigenvalue weighted by molar-refractivity contribution is 0.0633. The van der Waals surface area contributed by atoms with Crippen molar-refractivity contribution in [1.82, 2.24) is 0 Å². The molecule has 1 atom stereocenters. The summed E-state index contributed by atoms with van der Waals surface area (Å²) < 4.78 is 0. The molecule has 1 N–H and O–H groups in total. The summed E-state index contributed by atoms with van der Waals surface area (Å²) in [6, 6.07) is 0. The molecule has 0 saturated heterocycles. The van der Waals surface area contributed by atoms with Crippen LogP contribution < -0.4 is 0 Å². The highest BCUT2D eigenvalue weighted by Crippen LogP contribution is 2.36. The van der Waals surface area contributed by atoms with Gasteiger partial charge < -0.3 is 5.11 Å². The van der Waals surface area contributed by atoms with Crippen molar-refractivity contribution in [1.29, 1.82) is 0 Å². The molecular formula is C43H82O. The van der Waals surface area contributed by atoms with Crippen molar-refractivity contribution < 1.29 is 5.11 Å². The zero-order chi connectivity index (χ0) is 31.8. The summed E-state index contributed by atoms with van der Waals surface area (Å²) in [7, 11) is 0. The number of unbranched alkanes of at least 4 members (excludes halogenated alkanes) is 30. The van der Waals surface area contributed by atoms with Crippen molar-refractivity contribution >= 4 is 0 Å². The lowest BCUT2D eigenvalue weighted by atomic mass is 9.78. The van der Waals surface area contributed by atoms with E-state index in [1.807, 2.05) is 0 Å². The van der Waals surface area contributed by atoms with Crippen molar-refractivity contribution in [2.45, 2.75) is 251 Å². The summed E-state index contributed by atoms with van der Waals surface area (Å²) in [4.78, 5) is 0. The van der Waals surface area contributed by atoms with Gasteiger partial charge in [-0.25, -0.2) is 0 Å². The van der Waals surface area contributed by atoms with Gasteiger partial charge >= 0.3 is 0 Å². The minimum atomic E-state index is -0.564. The zero-order valence-electron chi connectivity index (χ0n) is 30.9. The average Bonchev–Trinajstić information content (AvgIpc) is 3.02. The fourth-order valence-electron chi connectivity index (χ4n) is 7.33. The number of allylic oxidation sites excluding steroid dienone is 2. The van der Waals surface area contributed by atoms with Crippen LogP contribution in [0.1, 0.15) is 245 Å². The molecule has 1 aliphatic carbocycles. The van der Waals surface area contributed by atoms with Crippen LogP contribution in [0.4, 0.5) is 0 Å². The fraction of sp³-hybridized carbons (Fsp3) is 0.907. The molecular weight excluding hydrogens is 532 g/mol. The Hall–Kier alpha value is -0.560. The van der Waals surface area contributed by atoms with Gasteiger partial charge in [0, 0.05) is 0 Å². The van der Waals surface area contributed by atoms with Crippen LogP contribution in [0.25, 0.3) is 0 Å². The van der Waals surface area contributed by atoms with Gasteiger partial charge in [0.05, 0.1) is 5.60 Å². The van der Waals surface area contributed by atoms with Gasteiger partial charge in [-0.05, 0) is 38.2 Å². The first-order chi connectivity index (χ1) is 21.6. The molecule has 260 valence electrons. The monoisotopic (exact) mass is 615 g/mol. The molecule has 0 radical (unpaired) electrons. The Labute approximate surface area is 278 Å². The SMILES string of the molecule is CCCCCCCCCCCCCCCCCCC1=CC(C)=CCC1(O)CCCCCCCCCCCCCCCCCC. The summed E-state index contributed by atoms with van der Waals surface area (Å²) >= 11 is 0. The van der Waals surface area contributed by atoms with Gasteiger partial charge in [-0.1, -0.05) is 231 Å². The first-order valence-corrected chi connectivity index (χ1v) is 20.7. The van der Waals surface area contributed by atoms with E-state index in [4.69, 9.17) is 0 Å². The van der Waals surface area contributed by atoms with Crippen LogP contribution in [-0.2, 0) is 0 Å². The Morgan fingerprint density at radius 2 is 0.750 bits per heavy atom. The van der Waals surface area contributed by atoms with Crippen molar-refractivity contribution in [2.24, 2.45) is 0 Å². The van der Waals surface area contributed by atoms with E-state index in [2.05, 4.69) is 32.9 Å². The summed E-state index contributed by atoms with van der Waals surface area (Å²) in [5.41, 5.74) is 2.13. The Morgan fingerprint density at radius 3 is 1.09 bits per heavy atom. The van der Waals surface area contributed by atoms with Gasteiger partial charge in [0.2, 0.25) is 0 Å². The van der Waals surface area contributed by atoms with E-state index in [0.717, 1.165) is 19.3 Å². The third-order valence-electron chi connectivity index (χ3n) is 10.5. The average molecular weight is 615 g/mol. The topological polar surface area (TPSA) is 20.2 Å². The fourth-order valence-corrected chi connectivity index (χ4v) is 7.33. The van der Waals surface area contributed by atoms with E-state index in [1.54, 1.807) is 0 Å². The first-order valence-electron chi connectivity index (χ1n) is 20.7. The molecule has 0 bridgehead atoms. The van der Waals surface area contributed by atoms with Crippen molar-refractivity contribution in [2.75, 3.05) is 0 Å². The predicted octanol–water partition coefficient (Wildman–Crippen LogP) is 15.3. The summed E-state index contributed by atoms with van der Waals surface area (Å²) in [6.45, 7) is 6.81. The molecule has 0 spiro atoms. The molecule has 0 aromatic rings. The van der Waals surface area contributed by atoms with Gasteiger partial charge in [0.25, 0.3) is 0 Å². The van der Waals surface area contributed by atoms with E-state index in [9.17, 15) is 5.11 Å². The second kappa shape index (κ2) is 31.1. The molecule has 1 nitrogen and oxygen atoms in total. The molecule has 0 aliphatic heterocycles. The Bertz CT molecular complexity index is 660. The molecule has 0 saturated carbocycles. The summed E-state index contributed by atoms with van der Waals surface area (Å²) in [6.07, 6.45) is 52.6. The molecule has 0 fully saturated rings. The normalized spacial score (nSPS) is 16.8. The van der Waals surface area contributed by atoms with Crippen LogP contribution >= 0.6 is 0 Å². The summed E-state index contributed by atoms with van der Waals surface area (Å²) in [5.74, 6) is 0. The highest BCUT2D eigenvalue weighted by Gasteiger charge is 2.31. The van der Waals surface area contributed by atoms with Crippen LogP contribution in [-0.4, -0.2) is 10.7 Å². The molecule has 0 aromatic heterocycles. The van der Waals surface area contributed by atoms with E-state index in [1.165, 1.54) is 217 Å². The third kappa shape index (κ3) is 24.6. The van der Waals surface area contributed by atoms with E-state index in [0.29, 0.717) is 0 Å². The van der Waals surface area contributed by atoms with Gasteiger partial charge in [-0.15, -0.1) is 0 Å². The molecule has 1 heteroatoms. The molecule has 1 aliphatic rings. The van der Waals surface area contributed by atoms with Crippen LogP contribution in [0.15, 0.2) is 23.3 Å². The number of hydrogen-bond acceptors (Lipinski definition) is 1. The van der Waals surface area contributed by atoms with Crippen LogP contribution in [0.2, 0.25) is 0 Å². The molecule has 44 heavy (non-hydrogen) atoms. The highest BCUT2D eigenvalue weighted by atomic mass is 16.3. The number of rotatable bonds is 34. The first kappa shape index (κ1) is 41.5. The van der Waals surface area contributed by atoms with Gasteiger partial charge in [0.1, 0.15) is 0 Å². The quantitative estimate of drug-likeness (QED) is 0.0715. The zero-order valence-corrected chi connectivity index (χ0v) is 30.9. The smallest absolute Gasteiger partial charge is 0.0894 e. The molecule has 0 aromatic carbocycles. The van der Waals surface area contributed by atoms with Crippen molar-refractivity contribution in [3.63, 3.8) is 0 Å². The maximum absolute atomic E-state index is 11.6. The van der Waals surface area contributed by atoms with E-state index in [-0.39, 0.29) is 0 Å². The lowest BCUT2D eigenvalue weighted by Gasteiger charge is -2.33. The summed E-state index contributed by atoms with van der Waals surface area (Å²) in [5, 5.41) is 11.6. The Kier molecular flexibility index (Phi) is 29.3. The molecule has 1 rings (SSSR count). The minimum Gasteiger partial charge on any atom is -0.385 e. The standard InChI is InChI=1S/C43H82O/c1-4-6-8-10-12-14-16-18-20-22-24-26-28-30-32-34-36-42-40-41(3)37-39-43(42,44)38-35-33-31-29-27-25-23-21-19-17-15-13-11-9-7-5-2/h37,40,44H,4-36,38-39H2,1-3H3. The second-order valence-electron chi connectivity index (χ2n) is 15.0. The van der Waals surface area contributed by atoms with Gasteiger partial charge in [-0.2, -0.15) is 0 Å². The maximum Gasteiger partial charge on any atom is 0.0894 e. The van der Waals surface area contributed by atoms with E-state index < -0.39 is 5.60 Å². The minimum absolute atomic E-state index is 0.564. The lowest BCUT2D eigenvalue weighted by Crippen LogP contribution is -2.32. The number of aliphatic hydroxyl groups is 1. The largest absolute Gasteiger partial charge is 0.385 e. The van der Waals surface area contributed by atoms with Crippen LogP contribution in [0, 0.1) is 0 Å². The maximum atomic E-state index is 11.6.